The van der Waals surface area contributed by atoms with Gasteiger partial charge in [0.15, 0.2) is 0 Å². The predicted octanol–water partition coefficient (Wildman–Crippen LogP) is 3.85. The van der Waals surface area contributed by atoms with E-state index in [0.29, 0.717) is 11.1 Å². The summed E-state index contributed by atoms with van der Waals surface area (Å²) in [4.78, 5) is 11.4. The predicted molar refractivity (Wildman–Crippen MR) is 123 cm³/mol. The molecule has 0 saturated carbocycles. The Labute approximate surface area is 183 Å². The van der Waals surface area contributed by atoms with E-state index in [1.54, 1.807) is 37.3 Å². The average molecular weight is 441 g/mol. The van der Waals surface area contributed by atoms with Gasteiger partial charge in [0, 0.05) is 18.5 Å². The molecule has 0 aliphatic heterocycles. The Balaban J connectivity index is 0.000000642. The van der Waals surface area contributed by atoms with E-state index in [9.17, 15) is 17.8 Å². The van der Waals surface area contributed by atoms with Crippen molar-refractivity contribution in [2.24, 2.45) is 0 Å². The molecule has 172 valence electrons. The summed E-state index contributed by atoms with van der Waals surface area (Å²) in [5.41, 5.74) is 1.12. The standard InChI is InChI=1S/C16H32N2O.C7H8O3S/c1-6-11-18(12-7-2,13-8-3)14-9-10-17-16(19)15(4)5;8-11(9,10)6-7-4-2-1-3-5-7/h4,6-14H2,1-3,5H3;1-5H,6H2,(H,8,9,10). The summed E-state index contributed by atoms with van der Waals surface area (Å²) in [5.74, 6) is -0.437. The van der Waals surface area contributed by atoms with Gasteiger partial charge in [0.05, 0.1) is 42.1 Å². The number of rotatable bonds is 13. The fraction of sp³-hybridized carbons (Fsp3) is 0.609. The van der Waals surface area contributed by atoms with Gasteiger partial charge in [0.25, 0.3) is 0 Å². The number of carbonyl (C=O) groups is 1. The highest BCUT2D eigenvalue weighted by molar-refractivity contribution is 7.84. The quantitative estimate of drug-likeness (QED) is 0.218. The van der Waals surface area contributed by atoms with Crippen molar-refractivity contribution in [3.05, 3.63) is 48.0 Å². The van der Waals surface area contributed by atoms with Crippen LogP contribution in [0.25, 0.3) is 0 Å². The zero-order valence-corrected chi connectivity index (χ0v) is 20.0. The van der Waals surface area contributed by atoms with Crippen LogP contribution >= 0.6 is 0 Å². The molecule has 0 unspecified atom stereocenters. The first-order valence-corrected chi connectivity index (χ1v) is 12.4. The van der Waals surface area contributed by atoms with Crippen molar-refractivity contribution in [2.75, 3.05) is 32.7 Å². The van der Waals surface area contributed by atoms with Gasteiger partial charge in [-0.15, -0.1) is 0 Å². The summed E-state index contributed by atoms with van der Waals surface area (Å²) in [6, 6.07) is 8.37. The van der Waals surface area contributed by atoms with Gasteiger partial charge in [-0.2, -0.15) is 0 Å². The monoisotopic (exact) mass is 440 g/mol. The Morgan fingerprint density at radius 2 is 1.50 bits per heavy atom. The van der Waals surface area contributed by atoms with Crippen molar-refractivity contribution in [2.45, 2.75) is 59.1 Å². The van der Waals surface area contributed by atoms with Crippen LogP contribution < -0.4 is 5.32 Å². The molecule has 7 heteroatoms. The lowest BCUT2D eigenvalue weighted by Gasteiger charge is -2.38. The molecule has 0 aromatic heterocycles. The molecule has 0 heterocycles. The number of hydrogen-bond donors (Lipinski definition) is 1. The number of hydrogen-bond acceptors (Lipinski definition) is 4. The summed E-state index contributed by atoms with van der Waals surface area (Å²) in [5, 5.41) is 2.93. The number of nitrogens with one attached hydrogen (secondary N) is 1. The van der Waals surface area contributed by atoms with Crippen molar-refractivity contribution in [1.82, 2.24) is 5.32 Å². The Morgan fingerprint density at radius 1 is 1.00 bits per heavy atom. The zero-order valence-electron chi connectivity index (χ0n) is 19.2. The molecule has 1 N–H and O–H groups in total. The van der Waals surface area contributed by atoms with E-state index in [4.69, 9.17) is 0 Å². The van der Waals surface area contributed by atoms with Gasteiger partial charge < -0.3 is 14.4 Å². The van der Waals surface area contributed by atoms with Crippen LogP contribution in [0.1, 0.15) is 58.9 Å². The van der Waals surface area contributed by atoms with Gasteiger partial charge in [-0.1, -0.05) is 57.7 Å². The Kier molecular flexibility index (Phi) is 14.3. The smallest absolute Gasteiger partial charge is 0.246 e. The molecule has 0 atom stereocenters. The molecule has 1 aromatic carbocycles. The average Bonchev–Trinajstić information content (AvgIpc) is 2.65. The molecule has 0 fully saturated rings. The van der Waals surface area contributed by atoms with Crippen LogP contribution in [0.15, 0.2) is 42.5 Å². The SMILES string of the molecule is C=C(C)C(=O)NCCC[N+](CCC)(CCC)CCC.O=S(=O)([O-])Cc1ccccc1. The fourth-order valence-corrected chi connectivity index (χ4v) is 4.24. The molecule has 0 aliphatic rings. The Morgan fingerprint density at radius 3 is 1.90 bits per heavy atom. The first-order valence-electron chi connectivity index (χ1n) is 10.9. The second kappa shape index (κ2) is 15.2. The summed E-state index contributed by atoms with van der Waals surface area (Å²) < 4.78 is 32.0. The molecule has 6 nitrogen and oxygen atoms in total. The lowest BCUT2D eigenvalue weighted by molar-refractivity contribution is -0.928. The molecule has 1 aromatic rings. The van der Waals surface area contributed by atoms with Gasteiger partial charge in [0.2, 0.25) is 5.91 Å². The van der Waals surface area contributed by atoms with Gasteiger partial charge in [-0.25, -0.2) is 8.42 Å². The van der Waals surface area contributed by atoms with Crippen molar-refractivity contribution in [3.63, 3.8) is 0 Å². The third kappa shape index (κ3) is 13.5. The minimum atomic E-state index is -4.13. The molecule has 0 aliphatic carbocycles. The first-order chi connectivity index (χ1) is 14.1. The highest BCUT2D eigenvalue weighted by Gasteiger charge is 2.23. The van der Waals surface area contributed by atoms with Crippen molar-refractivity contribution in [3.8, 4) is 0 Å². The molecule has 0 spiro atoms. The normalized spacial score (nSPS) is 11.4. The third-order valence-corrected chi connectivity index (χ3v) is 5.45. The minimum absolute atomic E-state index is 0.0143. The molecule has 1 amide bonds. The van der Waals surface area contributed by atoms with Gasteiger partial charge in [0.1, 0.15) is 0 Å². The van der Waals surface area contributed by atoms with Crippen molar-refractivity contribution in [1.29, 1.82) is 0 Å². The van der Waals surface area contributed by atoms with Crippen LogP contribution in [0.4, 0.5) is 0 Å². The molecule has 0 saturated heterocycles. The molecular formula is C23H40N2O4S. The van der Waals surface area contributed by atoms with Crippen LogP contribution in [0.2, 0.25) is 0 Å². The maximum Gasteiger partial charge on any atom is 0.246 e. The van der Waals surface area contributed by atoms with E-state index >= 15 is 0 Å². The maximum absolute atomic E-state index is 11.4. The molecular weight excluding hydrogens is 400 g/mol. The number of nitrogens with zero attached hydrogens (tertiary/aromatic N) is 1. The van der Waals surface area contributed by atoms with E-state index in [1.807, 2.05) is 0 Å². The zero-order chi connectivity index (χ0) is 23.0. The van der Waals surface area contributed by atoms with E-state index < -0.39 is 15.9 Å². The molecule has 0 radical (unpaired) electrons. The van der Waals surface area contributed by atoms with E-state index in [0.717, 1.165) is 13.0 Å². The second-order valence-electron chi connectivity index (χ2n) is 7.81. The topological polar surface area (TPSA) is 86.3 Å². The number of benzene rings is 1. The Hall–Kier alpha value is -1.70. The summed E-state index contributed by atoms with van der Waals surface area (Å²) in [6.07, 6.45) is 4.76. The van der Waals surface area contributed by atoms with Crippen molar-refractivity contribution >= 4 is 16.0 Å². The maximum atomic E-state index is 11.4. The van der Waals surface area contributed by atoms with E-state index in [2.05, 4.69) is 32.7 Å². The minimum Gasteiger partial charge on any atom is -0.748 e. The number of carbonyl (C=O) groups excluding carboxylic acids is 1. The van der Waals surface area contributed by atoms with Crippen LogP contribution in [0.3, 0.4) is 0 Å². The molecule has 0 bridgehead atoms. The summed E-state index contributed by atoms with van der Waals surface area (Å²) in [7, 11) is -4.13. The lowest BCUT2D eigenvalue weighted by atomic mass is 10.2. The second-order valence-corrected chi connectivity index (χ2v) is 9.22. The summed E-state index contributed by atoms with van der Waals surface area (Å²) in [6.45, 7) is 17.9. The lowest BCUT2D eigenvalue weighted by Crippen LogP contribution is -2.51. The largest absolute Gasteiger partial charge is 0.748 e. The number of quaternary nitrogens is 1. The molecule has 1 rings (SSSR count). The van der Waals surface area contributed by atoms with Crippen LogP contribution in [0, 0.1) is 0 Å². The van der Waals surface area contributed by atoms with Gasteiger partial charge >= 0.3 is 0 Å². The van der Waals surface area contributed by atoms with E-state index in [1.165, 1.54) is 49.9 Å². The van der Waals surface area contributed by atoms with Gasteiger partial charge in [-0.05, 0) is 31.7 Å². The van der Waals surface area contributed by atoms with E-state index in [-0.39, 0.29) is 5.91 Å². The van der Waals surface area contributed by atoms with Crippen LogP contribution in [-0.4, -0.2) is 56.1 Å². The number of amides is 1. The highest BCUT2D eigenvalue weighted by atomic mass is 32.2. The van der Waals surface area contributed by atoms with Gasteiger partial charge in [-0.3, -0.25) is 4.79 Å². The molecule has 30 heavy (non-hydrogen) atoms. The third-order valence-electron chi connectivity index (χ3n) is 4.76. The summed E-state index contributed by atoms with van der Waals surface area (Å²) >= 11 is 0. The Bertz CT molecular complexity index is 701. The van der Waals surface area contributed by atoms with Crippen LogP contribution in [-0.2, 0) is 20.7 Å². The highest BCUT2D eigenvalue weighted by Crippen LogP contribution is 2.12. The van der Waals surface area contributed by atoms with Crippen LogP contribution in [0.5, 0.6) is 0 Å². The first kappa shape index (κ1) is 28.3. The fourth-order valence-electron chi connectivity index (χ4n) is 3.64. The van der Waals surface area contributed by atoms with Crippen molar-refractivity contribution < 1.29 is 22.2 Å².